The maximum Gasteiger partial charge on any atom is 0.0484 e. The maximum absolute atomic E-state index is 6.27. The van der Waals surface area contributed by atoms with Crippen molar-refractivity contribution in [2.24, 2.45) is 5.73 Å². The van der Waals surface area contributed by atoms with Crippen molar-refractivity contribution in [3.63, 3.8) is 0 Å². The summed E-state index contributed by atoms with van der Waals surface area (Å²) in [5, 5.41) is 0. The summed E-state index contributed by atoms with van der Waals surface area (Å²) in [5.74, 6) is 0. The molecule has 2 aliphatic heterocycles. The highest BCUT2D eigenvalue weighted by atomic mass is 16.5. The minimum absolute atomic E-state index is 0.286. The van der Waals surface area contributed by atoms with Crippen molar-refractivity contribution in [3.8, 4) is 0 Å². The van der Waals surface area contributed by atoms with E-state index in [0.29, 0.717) is 6.04 Å². The average Bonchev–Trinajstić information content (AvgIpc) is 2.49. The van der Waals surface area contributed by atoms with Gasteiger partial charge in [0, 0.05) is 31.3 Å². The van der Waals surface area contributed by atoms with Gasteiger partial charge in [-0.05, 0) is 32.2 Å². The van der Waals surface area contributed by atoms with Crippen molar-refractivity contribution in [3.05, 3.63) is 0 Å². The van der Waals surface area contributed by atoms with Crippen molar-refractivity contribution in [1.29, 1.82) is 0 Å². The van der Waals surface area contributed by atoms with Gasteiger partial charge >= 0.3 is 0 Å². The Morgan fingerprint density at radius 3 is 2.79 bits per heavy atom. The lowest BCUT2D eigenvalue weighted by atomic mass is 9.83. The summed E-state index contributed by atoms with van der Waals surface area (Å²) in [4.78, 5) is 2.61. The van der Waals surface area contributed by atoms with Gasteiger partial charge in [0.2, 0.25) is 0 Å². The third-order valence-electron chi connectivity index (χ3n) is 3.88. The van der Waals surface area contributed by atoms with Crippen LogP contribution in [0.4, 0.5) is 0 Å². The van der Waals surface area contributed by atoms with E-state index in [1.807, 2.05) is 0 Å². The van der Waals surface area contributed by atoms with Crippen molar-refractivity contribution < 1.29 is 4.74 Å². The minimum Gasteiger partial charge on any atom is -0.381 e. The van der Waals surface area contributed by atoms with Crippen LogP contribution < -0.4 is 5.73 Å². The topological polar surface area (TPSA) is 38.5 Å². The van der Waals surface area contributed by atoms with Crippen LogP contribution >= 0.6 is 0 Å². The van der Waals surface area contributed by atoms with Crippen LogP contribution in [0, 0.1) is 0 Å². The molecule has 14 heavy (non-hydrogen) atoms. The van der Waals surface area contributed by atoms with Crippen LogP contribution in [0.1, 0.15) is 32.6 Å². The lowest BCUT2D eigenvalue weighted by molar-refractivity contribution is -0.0144. The molecule has 1 atom stereocenters. The first-order chi connectivity index (χ1) is 6.79. The first-order valence-electron chi connectivity index (χ1n) is 5.88. The number of rotatable bonds is 2. The molecule has 0 radical (unpaired) electrons. The van der Waals surface area contributed by atoms with Gasteiger partial charge in [0.15, 0.2) is 0 Å². The molecule has 0 amide bonds. The molecule has 2 saturated heterocycles. The van der Waals surface area contributed by atoms with Gasteiger partial charge in [0.25, 0.3) is 0 Å². The van der Waals surface area contributed by atoms with Gasteiger partial charge in [-0.25, -0.2) is 0 Å². The SMILES string of the molecule is CCCN1CCC(N)C12CCOCC2. The molecule has 1 spiro atoms. The molecule has 2 aliphatic rings. The minimum atomic E-state index is 0.286. The van der Waals surface area contributed by atoms with Gasteiger partial charge in [-0.3, -0.25) is 4.90 Å². The Morgan fingerprint density at radius 1 is 1.43 bits per heavy atom. The largest absolute Gasteiger partial charge is 0.381 e. The molecular formula is C11H22N2O. The van der Waals surface area contributed by atoms with Crippen LogP contribution in [-0.2, 0) is 4.74 Å². The lowest BCUT2D eigenvalue weighted by Gasteiger charge is -2.44. The molecule has 2 rings (SSSR count). The summed E-state index contributed by atoms with van der Waals surface area (Å²) in [6.45, 7) is 6.43. The maximum atomic E-state index is 6.27. The molecule has 1 unspecified atom stereocenters. The standard InChI is InChI=1S/C11H22N2O/c1-2-6-13-7-3-10(12)11(13)4-8-14-9-5-11/h10H,2-9,12H2,1H3. The summed E-state index contributed by atoms with van der Waals surface area (Å²) in [7, 11) is 0. The first kappa shape index (κ1) is 10.4. The Hall–Kier alpha value is -0.120. The highest BCUT2D eigenvalue weighted by molar-refractivity contribution is 5.05. The molecule has 2 fully saturated rings. The van der Waals surface area contributed by atoms with Gasteiger partial charge < -0.3 is 10.5 Å². The van der Waals surface area contributed by atoms with E-state index in [2.05, 4.69) is 11.8 Å². The number of hydrogen-bond acceptors (Lipinski definition) is 3. The zero-order valence-electron chi connectivity index (χ0n) is 9.17. The van der Waals surface area contributed by atoms with Crippen molar-refractivity contribution >= 4 is 0 Å². The molecule has 0 aromatic heterocycles. The van der Waals surface area contributed by atoms with E-state index < -0.39 is 0 Å². The predicted octanol–water partition coefficient (Wildman–Crippen LogP) is 0.979. The summed E-state index contributed by atoms with van der Waals surface area (Å²) in [5.41, 5.74) is 6.55. The van der Waals surface area contributed by atoms with Gasteiger partial charge in [0.05, 0.1) is 0 Å². The van der Waals surface area contributed by atoms with Crippen LogP contribution in [0.5, 0.6) is 0 Å². The van der Waals surface area contributed by atoms with Crippen molar-refractivity contribution in [1.82, 2.24) is 4.90 Å². The quantitative estimate of drug-likeness (QED) is 0.719. The summed E-state index contributed by atoms with van der Waals surface area (Å²) in [6.07, 6.45) is 4.66. The van der Waals surface area contributed by atoms with E-state index in [4.69, 9.17) is 10.5 Å². The third kappa shape index (κ3) is 1.58. The van der Waals surface area contributed by atoms with Crippen LogP contribution in [0.15, 0.2) is 0 Å². The monoisotopic (exact) mass is 198 g/mol. The second kappa shape index (κ2) is 4.17. The highest BCUT2D eigenvalue weighted by Crippen LogP contribution is 2.36. The lowest BCUT2D eigenvalue weighted by Crippen LogP contribution is -2.56. The second-order valence-corrected chi connectivity index (χ2v) is 4.60. The Morgan fingerprint density at radius 2 is 2.14 bits per heavy atom. The van der Waals surface area contributed by atoms with Gasteiger partial charge in [-0.15, -0.1) is 0 Å². The number of nitrogens with zero attached hydrogens (tertiary/aromatic N) is 1. The molecule has 2 N–H and O–H groups in total. The predicted molar refractivity (Wildman–Crippen MR) is 57.2 cm³/mol. The number of hydrogen-bond donors (Lipinski definition) is 1. The Balaban J connectivity index is 2.09. The highest BCUT2D eigenvalue weighted by Gasteiger charge is 2.46. The molecule has 0 bridgehead atoms. The fraction of sp³-hybridized carbons (Fsp3) is 1.00. The van der Waals surface area contributed by atoms with Gasteiger partial charge in [0.1, 0.15) is 0 Å². The summed E-state index contributed by atoms with van der Waals surface area (Å²) < 4.78 is 5.45. The normalized spacial score (nSPS) is 32.6. The fourth-order valence-electron chi connectivity index (χ4n) is 3.04. The van der Waals surface area contributed by atoms with Crippen molar-refractivity contribution in [2.75, 3.05) is 26.3 Å². The number of likely N-dealkylation sites (tertiary alicyclic amines) is 1. The van der Waals surface area contributed by atoms with E-state index in [1.165, 1.54) is 25.9 Å². The Labute approximate surface area is 86.6 Å². The fourth-order valence-corrected chi connectivity index (χ4v) is 3.04. The molecule has 3 heteroatoms. The number of ether oxygens (including phenoxy) is 1. The molecule has 2 heterocycles. The van der Waals surface area contributed by atoms with Crippen LogP contribution in [0.2, 0.25) is 0 Å². The van der Waals surface area contributed by atoms with E-state index >= 15 is 0 Å². The molecule has 0 aromatic rings. The van der Waals surface area contributed by atoms with Crippen molar-refractivity contribution in [2.45, 2.75) is 44.2 Å². The van der Waals surface area contributed by atoms with Crippen LogP contribution in [0.3, 0.4) is 0 Å². The zero-order valence-corrected chi connectivity index (χ0v) is 9.17. The van der Waals surface area contributed by atoms with E-state index in [-0.39, 0.29) is 5.54 Å². The number of nitrogens with two attached hydrogens (primary N) is 1. The van der Waals surface area contributed by atoms with Crippen LogP contribution in [0.25, 0.3) is 0 Å². The zero-order chi connectivity index (χ0) is 10.0. The Kier molecular flexibility index (Phi) is 3.10. The smallest absolute Gasteiger partial charge is 0.0484 e. The Bertz CT molecular complexity index is 188. The molecule has 0 aromatic carbocycles. The molecule has 0 saturated carbocycles. The summed E-state index contributed by atoms with van der Waals surface area (Å²) >= 11 is 0. The van der Waals surface area contributed by atoms with E-state index in [1.54, 1.807) is 0 Å². The second-order valence-electron chi connectivity index (χ2n) is 4.60. The molecular weight excluding hydrogens is 176 g/mol. The third-order valence-corrected chi connectivity index (χ3v) is 3.88. The summed E-state index contributed by atoms with van der Waals surface area (Å²) in [6, 6.07) is 0.373. The molecule has 0 aliphatic carbocycles. The van der Waals surface area contributed by atoms with E-state index in [9.17, 15) is 0 Å². The van der Waals surface area contributed by atoms with Gasteiger partial charge in [-0.1, -0.05) is 6.92 Å². The van der Waals surface area contributed by atoms with E-state index in [0.717, 1.165) is 26.1 Å². The first-order valence-corrected chi connectivity index (χ1v) is 5.88. The molecule has 3 nitrogen and oxygen atoms in total. The average molecular weight is 198 g/mol. The van der Waals surface area contributed by atoms with Gasteiger partial charge in [-0.2, -0.15) is 0 Å². The molecule has 82 valence electrons. The van der Waals surface area contributed by atoms with Crippen LogP contribution in [-0.4, -0.2) is 42.8 Å².